The molecule has 4 nitrogen and oxygen atoms in total. The van der Waals surface area contributed by atoms with E-state index in [1.54, 1.807) is 0 Å². The van der Waals surface area contributed by atoms with Gasteiger partial charge in [0.25, 0.3) is 0 Å². The molecule has 0 bridgehead atoms. The van der Waals surface area contributed by atoms with Crippen molar-refractivity contribution in [2.24, 2.45) is 0 Å². The van der Waals surface area contributed by atoms with Crippen LogP contribution < -0.4 is 10.6 Å². The van der Waals surface area contributed by atoms with Gasteiger partial charge < -0.3 is 5.32 Å². The van der Waals surface area contributed by atoms with E-state index in [4.69, 9.17) is 6.42 Å². The minimum absolute atomic E-state index is 0.209. The Labute approximate surface area is 77.1 Å². The number of unbranched alkanes of at least 4 members (excludes halogenated alkanes) is 1. The molecule has 1 rings (SSSR count). The van der Waals surface area contributed by atoms with E-state index in [2.05, 4.69) is 16.6 Å². The maximum absolute atomic E-state index is 11.0. The second kappa shape index (κ2) is 4.63. The number of imide groups is 1. The molecule has 2 amide bonds. The molecule has 1 atom stereocenters. The smallest absolute Gasteiger partial charge is 0.244 e. The first-order chi connectivity index (χ1) is 6.24. The molecular formula is C9H12N2O2. The molecule has 1 saturated heterocycles. The zero-order valence-electron chi connectivity index (χ0n) is 7.30. The van der Waals surface area contributed by atoms with E-state index in [0.717, 1.165) is 6.42 Å². The number of rotatable bonds is 4. The Bertz CT molecular complexity index is 255. The highest BCUT2D eigenvalue weighted by Crippen LogP contribution is 2.00. The predicted molar refractivity (Wildman–Crippen MR) is 47.6 cm³/mol. The topological polar surface area (TPSA) is 58.2 Å². The third-order valence-electron chi connectivity index (χ3n) is 1.86. The monoisotopic (exact) mass is 180 g/mol. The van der Waals surface area contributed by atoms with Crippen LogP contribution in [0.2, 0.25) is 0 Å². The van der Waals surface area contributed by atoms with Crippen LogP contribution in [0.5, 0.6) is 0 Å². The summed E-state index contributed by atoms with van der Waals surface area (Å²) in [6, 6.07) is -0.356. The molecule has 0 saturated carbocycles. The summed E-state index contributed by atoms with van der Waals surface area (Å²) in [5.41, 5.74) is 0. The zero-order valence-corrected chi connectivity index (χ0v) is 7.30. The number of hydrogen-bond acceptors (Lipinski definition) is 3. The van der Waals surface area contributed by atoms with Crippen LogP contribution in [-0.2, 0) is 9.59 Å². The van der Waals surface area contributed by atoms with Crippen LogP contribution in [-0.4, -0.2) is 24.4 Å². The van der Waals surface area contributed by atoms with Gasteiger partial charge in [0.05, 0.1) is 12.5 Å². The summed E-state index contributed by atoms with van der Waals surface area (Å²) in [6.07, 6.45) is 6.82. The molecule has 0 radical (unpaired) electrons. The number of carbonyl (C=O) groups is 2. The Morgan fingerprint density at radius 2 is 2.38 bits per heavy atom. The average Bonchev–Trinajstić information content (AvgIpc) is 2.39. The number of hydrogen-bond donors (Lipinski definition) is 2. The Morgan fingerprint density at radius 1 is 1.62 bits per heavy atom. The third kappa shape index (κ3) is 2.88. The SMILES string of the molecule is C#CCCCNC1CC(=O)NC1=O. The van der Waals surface area contributed by atoms with Crippen molar-refractivity contribution in [2.45, 2.75) is 25.3 Å². The summed E-state index contributed by atoms with van der Waals surface area (Å²) in [5, 5.41) is 5.20. The molecule has 0 aromatic carbocycles. The van der Waals surface area contributed by atoms with Crippen molar-refractivity contribution in [1.29, 1.82) is 0 Å². The summed E-state index contributed by atoms with van der Waals surface area (Å²) < 4.78 is 0. The lowest BCUT2D eigenvalue weighted by atomic mass is 10.2. The molecule has 1 unspecified atom stereocenters. The second-order valence-corrected chi connectivity index (χ2v) is 2.93. The fourth-order valence-corrected chi connectivity index (χ4v) is 1.19. The van der Waals surface area contributed by atoms with Gasteiger partial charge in [-0.05, 0) is 13.0 Å². The maximum Gasteiger partial charge on any atom is 0.244 e. The van der Waals surface area contributed by atoms with Crippen LogP contribution >= 0.6 is 0 Å². The molecule has 0 spiro atoms. The van der Waals surface area contributed by atoms with E-state index in [9.17, 15) is 9.59 Å². The van der Waals surface area contributed by atoms with Crippen molar-refractivity contribution in [3.8, 4) is 12.3 Å². The van der Waals surface area contributed by atoms with Gasteiger partial charge >= 0.3 is 0 Å². The van der Waals surface area contributed by atoms with Gasteiger partial charge in [-0.15, -0.1) is 12.3 Å². The molecule has 0 aromatic heterocycles. The van der Waals surface area contributed by atoms with E-state index < -0.39 is 0 Å². The first-order valence-electron chi connectivity index (χ1n) is 4.24. The molecule has 0 aromatic rings. The van der Waals surface area contributed by atoms with E-state index in [0.29, 0.717) is 13.0 Å². The summed E-state index contributed by atoms with van der Waals surface area (Å²) in [5.74, 6) is 2.07. The van der Waals surface area contributed by atoms with Crippen molar-refractivity contribution in [2.75, 3.05) is 6.54 Å². The lowest BCUT2D eigenvalue weighted by Gasteiger charge is -2.06. The standard InChI is InChI=1S/C9H12N2O2/c1-2-3-4-5-10-7-6-8(12)11-9(7)13/h1,7,10H,3-6H2,(H,11,12,13). The minimum atomic E-state index is -0.356. The molecule has 0 aliphatic carbocycles. The molecule has 13 heavy (non-hydrogen) atoms. The summed E-state index contributed by atoms with van der Waals surface area (Å²) in [4.78, 5) is 21.8. The number of nitrogens with one attached hydrogen (secondary N) is 2. The summed E-state index contributed by atoms with van der Waals surface area (Å²) >= 11 is 0. The van der Waals surface area contributed by atoms with Crippen molar-refractivity contribution < 1.29 is 9.59 Å². The Balaban J connectivity index is 2.19. The van der Waals surface area contributed by atoms with Crippen molar-refractivity contribution in [3.05, 3.63) is 0 Å². The highest BCUT2D eigenvalue weighted by atomic mass is 16.2. The van der Waals surface area contributed by atoms with Gasteiger partial charge in [-0.1, -0.05) is 0 Å². The largest absolute Gasteiger partial charge is 0.305 e. The Kier molecular flexibility index (Phi) is 3.47. The summed E-state index contributed by atoms with van der Waals surface area (Å²) in [7, 11) is 0. The van der Waals surface area contributed by atoms with Crippen molar-refractivity contribution in [1.82, 2.24) is 10.6 Å². The molecule has 1 fully saturated rings. The van der Waals surface area contributed by atoms with Gasteiger partial charge in [0, 0.05) is 6.42 Å². The first-order valence-corrected chi connectivity index (χ1v) is 4.24. The number of carbonyl (C=O) groups excluding carboxylic acids is 2. The van der Waals surface area contributed by atoms with Crippen LogP contribution in [0.25, 0.3) is 0 Å². The maximum atomic E-state index is 11.0. The van der Waals surface area contributed by atoms with Crippen LogP contribution in [0.1, 0.15) is 19.3 Å². The lowest BCUT2D eigenvalue weighted by Crippen LogP contribution is -2.36. The molecular weight excluding hydrogens is 168 g/mol. The quantitative estimate of drug-likeness (QED) is 0.345. The molecule has 1 heterocycles. The van der Waals surface area contributed by atoms with Gasteiger partial charge in [0.2, 0.25) is 11.8 Å². The van der Waals surface area contributed by atoms with Crippen LogP contribution in [0, 0.1) is 12.3 Å². The highest BCUT2D eigenvalue weighted by Gasteiger charge is 2.29. The van der Waals surface area contributed by atoms with E-state index >= 15 is 0 Å². The van der Waals surface area contributed by atoms with Gasteiger partial charge in [-0.25, -0.2) is 0 Å². The van der Waals surface area contributed by atoms with Gasteiger partial charge in [-0.3, -0.25) is 14.9 Å². The minimum Gasteiger partial charge on any atom is -0.305 e. The van der Waals surface area contributed by atoms with E-state index in [1.165, 1.54) is 0 Å². The van der Waals surface area contributed by atoms with Crippen molar-refractivity contribution >= 4 is 11.8 Å². The van der Waals surface area contributed by atoms with Gasteiger partial charge in [0.1, 0.15) is 0 Å². The zero-order chi connectivity index (χ0) is 9.68. The van der Waals surface area contributed by atoms with Crippen LogP contribution in [0.3, 0.4) is 0 Å². The second-order valence-electron chi connectivity index (χ2n) is 2.93. The van der Waals surface area contributed by atoms with E-state index in [-0.39, 0.29) is 24.3 Å². The normalized spacial score (nSPS) is 21.3. The van der Waals surface area contributed by atoms with E-state index in [1.807, 2.05) is 0 Å². The van der Waals surface area contributed by atoms with Crippen LogP contribution in [0.4, 0.5) is 0 Å². The molecule has 1 aliphatic rings. The average molecular weight is 180 g/mol. The number of amides is 2. The van der Waals surface area contributed by atoms with Crippen molar-refractivity contribution in [3.63, 3.8) is 0 Å². The van der Waals surface area contributed by atoms with Gasteiger partial charge in [0.15, 0.2) is 0 Å². The fourth-order valence-electron chi connectivity index (χ4n) is 1.19. The summed E-state index contributed by atoms with van der Waals surface area (Å²) in [6.45, 7) is 0.676. The molecule has 1 aliphatic heterocycles. The van der Waals surface area contributed by atoms with Crippen LogP contribution in [0.15, 0.2) is 0 Å². The number of terminal acetylenes is 1. The molecule has 4 heteroatoms. The third-order valence-corrected chi connectivity index (χ3v) is 1.86. The first kappa shape index (κ1) is 9.75. The fraction of sp³-hybridized carbons (Fsp3) is 0.556. The highest BCUT2D eigenvalue weighted by molar-refractivity contribution is 6.05. The Morgan fingerprint density at radius 3 is 2.92 bits per heavy atom. The molecule has 70 valence electrons. The lowest BCUT2D eigenvalue weighted by molar-refractivity contribution is -0.125. The molecule has 2 N–H and O–H groups in total. The predicted octanol–water partition coefficient (Wildman–Crippen LogP) is -0.596. The Hall–Kier alpha value is -1.34. The van der Waals surface area contributed by atoms with Gasteiger partial charge in [-0.2, -0.15) is 0 Å².